The smallest absolute Gasteiger partial charge is 0.326 e. The van der Waals surface area contributed by atoms with E-state index in [0.717, 1.165) is 12.1 Å². The number of aromatic nitrogens is 1. The summed E-state index contributed by atoms with van der Waals surface area (Å²) < 4.78 is 32.7. The van der Waals surface area contributed by atoms with Gasteiger partial charge < -0.3 is 63.3 Å². The topological polar surface area (TPSA) is 412 Å². The third-order valence-electron chi connectivity index (χ3n) is 11.6. The van der Waals surface area contributed by atoms with Crippen molar-refractivity contribution in [2.75, 3.05) is 30.6 Å². The molecule has 0 aliphatic heterocycles. The Bertz CT molecular complexity index is 2860. The SMILES string of the molecule is CSCC[C@H](NC(=O)CNC(=O)[C@H](Cc1c[nH]c2ccccc12)NC(=O)[C@H](CCSC)NC(=O)[C@H](CC(=O)O)NC(=O)[C@@H](N)Cc1ccccc1)C(=O)N[C@@H](Cc1ccc(S(=O)(=O)O)cc1)C(=O)N[C@@H](CC(=O)O)C(=O)O. The summed E-state index contributed by atoms with van der Waals surface area (Å²) in [6.45, 7) is -0.780. The monoisotopic (exact) mass is 1130 g/mol. The molecule has 0 radical (unpaired) electrons. The summed E-state index contributed by atoms with van der Waals surface area (Å²) in [7, 11) is -4.62. The number of hydrogen-bond donors (Lipinski definition) is 13. The van der Waals surface area contributed by atoms with Gasteiger partial charge in [-0.1, -0.05) is 60.7 Å². The number of para-hydroxylation sites is 1. The molecule has 28 heteroatoms. The van der Waals surface area contributed by atoms with Crippen LogP contribution in [0.3, 0.4) is 0 Å². The van der Waals surface area contributed by atoms with E-state index >= 15 is 0 Å². The number of nitrogens with two attached hydrogens (primary N) is 1. The molecule has 0 saturated heterocycles. The van der Waals surface area contributed by atoms with Gasteiger partial charge in [0.2, 0.25) is 41.4 Å². The molecule has 0 unspecified atom stereocenters. The Morgan fingerprint density at radius 3 is 1.61 bits per heavy atom. The number of amides is 7. The summed E-state index contributed by atoms with van der Waals surface area (Å²) in [4.78, 5) is 134. The first-order valence-corrected chi connectivity index (χ1v) is 27.9. The van der Waals surface area contributed by atoms with Crippen molar-refractivity contribution >= 4 is 104 Å². The van der Waals surface area contributed by atoms with Crippen molar-refractivity contribution in [3.8, 4) is 0 Å². The van der Waals surface area contributed by atoms with Crippen molar-refractivity contribution in [3.05, 3.63) is 102 Å². The molecule has 25 nitrogen and oxygen atoms in total. The maximum atomic E-state index is 14.2. The van der Waals surface area contributed by atoms with Crippen LogP contribution in [0.1, 0.15) is 42.4 Å². The highest BCUT2D eigenvalue weighted by atomic mass is 32.2. The molecule has 4 aromatic rings. The molecule has 77 heavy (non-hydrogen) atoms. The Balaban J connectivity index is 1.54. The number of aliphatic carboxylic acids is 3. The number of carboxylic acids is 3. The molecule has 1 heterocycles. The quantitative estimate of drug-likeness (QED) is 0.0270. The van der Waals surface area contributed by atoms with Crippen molar-refractivity contribution in [2.24, 2.45) is 5.73 Å². The number of aromatic amines is 1. The van der Waals surface area contributed by atoms with Crippen molar-refractivity contribution in [2.45, 2.75) is 92.1 Å². The molecular formula is C49H61N9O16S3. The number of nitrogens with one attached hydrogen (secondary N) is 8. The highest BCUT2D eigenvalue weighted by molar-refractivity contribution is 7.98. The second-order valence-electron chi connectivity index (χ2n) is 17.4. The lowest BCUT2D eigenvalue weighted by molar-refractivity contribution is -0.147. The van der Waals surface area contributed by atoms with Crippen LogP contribution >= 0.6 is 23.5 Å². The predicted octanol–water partition coefficient (Wildman–Crippen LogP) is -0.665. The zero-order valence-electron chi connectivity index (χ0n) is 41.7. The van der Waals surface area contributed by atoms with E-state index in [1.165, 1.54) is 35.7 Å². The van der Waals surface area contributed by atoms with Crippen molar-refractivity contribution < 1.29 is 76.2 Å². The molecule has 416 valence electrons. The first-order chi connectivity index (χ1) is 36.5. The van der Waals surface area contributed by atoms with E-state index in [1.54, 1.807) is 73.3 Å². The molecule has 0 bridgehead atoms. The van der Waals surface area contributed by atoms with Gasteiger partial charge in [-0.2, -0.15) is 31.9 Å². The fourth-order valence-electron chi connectivity index (χ4n) is 7.60. The van der Waals surface area contributed by atoms with Gasteiger partial charge >= 0.3 is 17.9 Å². The van der Waals surface area contributed by atoms with E-state index in [-0.39, 0.29) is 37.0 Å². The minimum Gasteiger partial charge on any atom is -0.481 e. The highest BCUT2D eigenvalue weighted by Gasteiger charge is 2.34. The number of carbonyl (C=O) groups excluding carboxylic acids is 7. The van der Waals surface area contributed by atoms with Gasteiger partial charge in [0, 0.05) is 29.9 Å². The minimum atomic E-state index is -4.62. The van der Waals surface area contributed by atoms with Crippen LogP contribution in [0.15, 0.2) is 90.0 Å². The summed E-state index contributed by atoms with van der Waals surface area (Å²) in [6, 6.07) is 9.58. The molecule has 0 aliphatic rings. The number of thioether (sulfide) groups is 2. The van der Waals surface area contributed by atoms with Crippen LogP contribution in [0.25, 0.3) is 10.9 Å². The lowest BCUT2D eigenvalue weighted by Gasteiger charge is -2.26. The molecule has 1 aromatic heterocycles. The number of fused-ring (bicyclic) bond motifs is 1. The third-order valence-corrected chi connectivity index (χ3v) is 13.8. The van der Waals surface area contributed by atoms with E-state index in [1.807, 2.05) is 0 Å². The summed E-state index contributed by atoms with van der Waals surface area (Å²) in [5.41, 5.74) is 8.28. The fourth-order valence-corrected chi connectivity index (χ4v) is 9.03. The Hall–Kier alpha value is -7.53. The van der Waals surface area contributed by atoms with Gasteiger partial charge in [0.15, 0.2) is 0 Å². The van der Waals surface area contributed by atoms with Crippen LogP contribution in [0.4, 0.5) is 0 Å². The maximum Gasteiger partial charge on any atom is 0.326 e. The number of carbonyl (C=O) groups is 10. The van der Waals surface area contributed by atoms with Gasteiger partial charge in [-0.05, 0) is 78.2 Å². The highest BCUT2D eigenvalue weighted by Crippen LogP contribution is 2.20. The molecule has 7 amide bonds. The van der Waals surface area contributed by atoms with E-state index in [4.69, 9.17) is 5.73 Å². The summed E-state index contributed by atoms with van der Waals surface area (Å²) in [6.07, 6.45) is 2.56. The second-order valence-corrected chi connectivity index (χ2v) is 20.8. The molecule has 14 N–H and O–H groups in total. The maximum absolute atomic E-state index is 14.2. The summed E-state index contributed by atoms with van der Waals surface area (Å²) in [5.74, 6) is -10.8. The van der Waals surface area contributed by atoms with Gasteiger partial charge in [-0.25, -0.2) is 4.79 Å². The molecule has 0 saturated carbocycles. The van der Waals surface area contributed by atoms with Crippen LogP contribution in [-0.2, 0) is 77.3 Å². The fraction of sp³-hybridized carbons (Fsp3) is 0.388. The van der Waals surface area contributed by atoms with Crippen LogP contribution in [-0.4, -0.2) is 165 Å². The molecule has 4 rings (SSSR count). The molecule has 7 atom stereocenters. The Morgan fingerprint density at radius 1 is 0.558 bits per heavy atom. The van der Waals surface area contributed by atoms with E-state index in [2.05, 4.69) is 42.2 Å². The van der Waals surface area contributed by atoms with Gasteiger partial charge in [0.25, 0.3) is 10.1 Å². The third kappa shape index (κ3) is 20.5. The van der Waals surface area contributed by atoms with Crippen LogP contribution in [0.2, 0.25) is 0 Å². The molecular weight excluding hydrogens is 1070 g/mol. The molecule has 3 aromatic carbocycles. The number of H-pyrrole nitrogens is 1. The van der Waals surface area contributed by atoms with E-state index < -0.39 is 142 Å². The number of rotatable bonds is 32. The first-order valence-electron chi connectivity index (χ1n) is 23.6. The number of hydrogen-bond acceptors (Lipinski definition) is 15. The van der Waals surface area contributed by atoms with Gasteiger partial charge in [0.1, 0.15) is 36.3 Å². The van der Waals surface area contributed by atoms with E-state index in [0.29, 0.717) is 27.8 Å². The van der Waals surface area contributed by atoms with Crippen molar-refractivity contribution in [1.82, 2.24) is 42.2 Å². The minimum absolute atomic E-state index is 0.0192. The molecule has 0 fully saturated rings. The Morgan fingerprint density at radius 2 is 1.04 bits per heavy atom. The average Bonchev–Trinajstić information content (AvgIpc) is 3.79. The predicted molar refractivity (Wildman–Crippen MR) is 283 cm³/mol. The summed E-state index contributed by atoms with van der Waals surface area (Å²) in [5, 5.41) is 46.2. The van der Waals surface area contributed by atoms with Gasteiger partial charge in [0.05, 0.1) is 30.3 Å². The van der Waals surface area contributed by atoms with Gasteiger partial charge in [-0.3, -0.25) is 47.7 Å². The second kappa shape index (κ2) is 30.3. The Labute approximate surface area is 450 Å². The molecule has 0 aliphatic carbocycles. The standard InChI is InChI=1S/C49H61N9O16S3/c1-75-18-16-34(45(66)56-36(47(68)58-39(49(70)71)24-42(62)63)21-28-12-14-30(15-13-28)77(72,73)74)53-40(59)26-52-44(65)37(22-29-25-51-33-11-7-6-10-31(29)33)57-46(67)35(17-19-76-2)54-48(69)38(23-41(60)61)55-43(64)32(50)20-27-8-4-3-5-9-27/h3-15,25,32,34-39,51H,16-24,26,50H2,1-2H3,(H,52,65)(H,53,59)(H,54,69)(H,55,64)(H,56,66)(H,57,67)(H,58,68)(H,60,61)(H,62,63)(H,70,71)(H,72,73,74)/t32-,34-,35-,36-,37-,38-,39-/m0/s1. The largest absolute Gasteiger partial charge is 0.481 e. The zero-order valence-corrected chi connectivity index (χ0v) is 44.1. The van der Waals surface area contributed by atoms with Crippen LogP contribution < -0.4 is 43.0 Å². The van der Waals surface area contributed by atoms with Crippen LogP contribution in [0, 0.1) is 0 Å². The lowest BCUT2D eigenvalue weighted by Crippen LogP contribution is -2.59. The van der Waals surface area contributed by atoms with E-state index in [9.17, 15) is 76.2 Å². The zero-order chi connectivity index (χ0) is 56.8. The van der Waals surface area contributed by atoms with Crippen molar-refractivity contribution in [1.29, 1.82) is 0 Å². The average molecular weight is 1130 g/mol. The van der Waals surface area contributed by atoms with Gasteiger partial charge in [-0.15, -0.1) is 0 Å². The number of benzene rings is 3. The Kier molecular flexibility index (Phi) is 24.4. The van der Waals surface area contributed by atoms with Crippen molar-refractivity contribution in [3.63, 3.8) is 0 Å². The number of carboxylic acid groups (broad SMARTS) is 3. The van der Waals surface area contributed by atoms with Crippen LogP contribution in [0.5, 0.6) is 0 Å². The summed E-state index contributed by atoms with van der Waals surface area (Å²) >= 11 is 2.60. The first kappa shape index (κ1) is 62.0. The normalized spacial score (nSPS) is 14.0. The lowest BCUT2D eigenvalue weighted by atomic mass is 10.0. The molecule has 0 spiro atoms.